The van der Waals surface area contributed by atoms with Crippen LogP contribution in [0.2, 0.25) is 0 Å². The van der Waals surface area contributed by atoms with Gasteiger partial charge in [0, 0.05) is 50.5 Å². The lowest BCUT2D eigenvalue weighted by Gasteiger charge is -2.24. The highest BCUT2D eigenvalue weighted by Gasteiger charge is 2.31. The molecule has 3 atom stereocenters. The summed E-state index contributed by atoms with van der Waals surface area (Å²) in [6.45, 7) is 8.34. The number of hydrogen-bond donors (Lipinski definition) is 1. The van der Waals surface area contributed by atoms with Crippen LogP contribution in [0.3, 0.4) is 0 Å². The van der Waals surface area contributed by atoms with Gasteiger partial charge in [-0.2, -0.15) is 5.10 Å². The Bertz CT molecular complexity index is 524. The van der Waals surface area contributed by atoms with E-state index >= 15 is 0 Å². The zero-order valence-electron chi connectivity index (χ0n) is 14.2. The number of amides is 1. The van der Waals surface area contributed by atoms with Gasteiger partial charge in [-0.3, -0.25) is 9.48 Å². The molecule has 2 aliphatic heterocycles. The summed E-state index contributed by atoms with van der Waals surface area (Å²) in [7, 11) is 0. The van der Waals surface area contributed by atoms with Crippen molar-refractivity contribution in [2.75, 3.05) is 26.2 Å². The van der Waals surface area contributed by atoms with Crippen molar-refractivity contribution in [3.8, 4) is 0 Å². The molecule has 1 N–H and O–H groups in total. The van der Waals surface area contributed by atoms with E-state index in [-0.39, 0.29) is 18.1 Å². The van der Waals surface area contributed by atoms with E-state index in [1.165, 1.54) is 0 Å². The molecule has 3 rings (SSSR count). The molecule has 2 fully saturated rings. The molecule has 0 spiro atoms. The van der Waals surface area contributed by atoms with E-state index in [9.17, 15) is 4.79 Å². The summed E-state index contributed by atoms with van der Waals surface area (Å²) in [6.07, 6.45) is 7.38. The molecule has 0 aromatic carbocycles. The average molecular weight is 320 g/mol. The number of aromatic nitrogens is 2. The van der Waals surface area contributed by atoms with Crippen LogP contribution in [-0.2, 0) is 16.1 Å². The second-order valence-corrected chi connectivity index (χ2v) is 6.63. The van der Waals surface area contributed by atoms with Gasteiger partial charge in [0.05, 0.1) is 18.3 Å². The summed E-state index contributed by atoms with van der Waals surface area (Å²) < 4.78 is 7.84. The van der Waals surface area contributed by atoms with Crippen molar-refractivity contribution < 1.29 is 9.53 Å². The SMILES string of the molecule is CCn1cc([C@@H]2OCC[C@@H]2CN[C@H](C)C(=O)N2CCCC2)cn1. The number of ether oxygens (including phenoxy) is 1. The maximum absolute atomic E-state index is 12.4. The first-order valence-electron chi connectivity index (χ1n) is 8.85. The highest BCUT2D eigenvalue weighted by atomic mass is 16.5. The summed E-state index contributed by atoms with van der Waals surface area (Å²) in [4.78, 5) is 14.3. The van der Waals surface area contributed by atoms with Gasteiger partial charge in [-0.25, -0.2) is 0 Å². The molecule has 6 nitrogen and oxygen atoms in total. The van der Waals surface area contributed by atoms with Crippen LogP contribution in [0.1, 0.15) is 44.8 Å². The smallest absolute Gasteiger partial charge is 0.239 e. The van der Waals surface area contributed by atoms with Crippen molar-refractivity contribution in [2.45, 2.75) is 51.8 Å². The topological polar surface area (TPSA) is 59.4 Å². The lowest BCUT2D eigenvalue weighted by molar-refractivity contribution is -0.132. The normalized spacial score (nSPS) is 25.9. The first-order chi connectivity index (χ1) is 11.2. The van der Waals surface area contributed by atoms with Gasteiger partial charge in [0.2, 0.25) is 5.91 Å². The molecular weight excluding hydrogens is 292 g/mol. The zero-order valence-corrected chi connectivity index (χ0v) is 14.2. The second kappa shape index (κ2) is 7.45. The summed E-state index contributed by atoms with van der Waals surface area (Å²) in [5.74, 6) is 0.634. The molecule has 0 aliphatic carbocycles. The third-order valence-corrected chi connectivity index (χ3v) is 4.99. The number of carbonyl (C=O) groups excluding carboxylic acids is 1. The monoisotopic (exact) mass is 320 g/mol. The lowest BCUT2D eigenvalue weighted by atomic mass is 9.97. The van der Waals surface area contributed by atoms with Crippen LogP contribution >= 0.6 is 0 Å². The van der Waals surface area contributed by atoms with Crippen molar-refractivity contribution >= 4 is 5.91 Å². The minimum Gasteiger partial charge on any atom is -0.373 e. The molecule has 1 aromatic rings. The van der Waals surface area contributed by atoms with Gasteiger partial charge in [-0.15, -0.1) is 0 Å². The Morgan fingerprint density at radius 1 is 1.48 bits per heavy atom. The van der Waals surface area contributed by atoms with Crippen molar-refractivity contribution in [2.24, 2.45) is 5.92 Å². The molecule has 128 valence electrons. The molecule has 1 amide bonds. The van der Waals surface area contributed by atoms with E-state index < -0.39 is 0 Å². The highest BCUT2D eigenvalue weighted by molar-refractivity contribution is 5.81. The Hall–Kier alpha value is -1.40. The number of rotatable bonds is 6. The van der Waals surface area contributed by atoms with E-state index in [0.29, 0.717) is 5.92 Å². The number of hydrogen-bond acceptors (Lipinski definition) is 4. The number of nitrogens with zero attached hydrogens (tertiary/aromatic N) is 3. The quantitative estimate of drug-likeness (QED) is 0.864. The van der Waals surface area contributed by atoms with Crippen molar-refractivity contribution in [3.05, 3.63) is 18.0 Å². The van der Waals surface area contributed by atoms with E-state index in [0.717, 1.165) is 57.6 Å². The number of carbonyl (C=O) groups is 1. The van der Waals surface area contributed by atoms with Crippen molar-refractivity contribution in [3.63, 3.8) is 0 Å². The minimum atomic E-state index is -0.118. The molecule has 2 saturated heterocycles. The average Bonchev–Trinajstić information content (AvgIpc) is 3.32. The van der Waals surface area contributed by atoms with Crippen LogP contribution in [0.5, 0.6) is 0 Å². The fourth-order valence-electron chi connectivity index (χ4n) is 3.54. The molecule has 0 unspecified atom stereocenters. The fraction of sp³-hybridized carbons (Fsp3) is 0.765. The Morgan fingerprint density at radius 3 is 2.96 bits per heavy atom. The molecule has 2 aliphatic rings. The van der Waals surface area contributed by atoms with Gasteiger partial charge >= 0.3 is 0 Å². The molecule has 1 aromatic heterocycles. The summed E-state index contributed by atoms with van der Waals surface area (Å²) in [5, 5.41) is 7.77. The zero-order chi connectivity index (χ0) is 16.2. The standard InChI is InChI=1S/C17H28N4O2/c1-3-21-12-15(11-19-21)16-14(6-9-23-16)10-18-13(2)17(22)20-7-4-5-8-20/h11-14,16,18H,3-10H2,1-2H3/t13-,14-,16-/m1/s1. The van der Waals surface area contributed by atoms with Gasteiger partial charge in [-0.1, -0.05) is 0 Å². The van der Waals surface area contributed by atoms with Crippen LogP contribution in [0, 0.1) is 5.92 Å². The van der Waals surface area contributed by atoms with Gasteiger partial charge in [0.1, 0.15) is 0 Å². The van der Waals surface area contributed by atoms with Gasteiger partial charge < -0.3 is 15.0 Å². The van der Waals surface area contributed by atoms with E-state index in [2.05, 4.69) is 23.5 Å². The molecule has 23 heavy (non-hydrogen) atoms. The maximum atomic E-state index is 12.4. The minimum absolute atomic E-state index is 0.0943. The number of nitrogens with one attached hydrogen (secondary N) is 1. The van der Waals surface area contributed by atoms with Crippen LogP contribution in [0.15, 0.2) is 12.4 Å². The predicted molar refractivity (Wildman–Crippen MR) is 88.0 cm³/mol. The Morgan fingerprint density at radius 2 is 2.26 bits per heavy atom. The summed E-state index contributed by atoms with van der Waals surface area (Å²) in [6, 6.07) is -0.118. The van der Waals surface area contributed by atoms with Gasteiger partial charge in [-0.05, 0) is 33.1 Å². The lowest BCUT2D eigenvalue weighted by Crippen LogP contribution is -2.45. The van der Waals surface area contributed by atoms with Crippen LogP contribution in [0.25, 0.3) is 0 Å². The largest absolute Gasteiger partial charge is 0.373 e. The first-order valence-corrected chi connectivity index (χ1v) is 8.85. The Balaban J connectivity index is 1.53. The maximum Gasteiger partial charge on any atom is 0.239 e. The van der Waals surface area contributed by atoms with Crippen LogP contribution < -0.4 is 5.32 Å². The highest BCUT2D eigenvalue weighted by Crippen LogP contribution is 2.33. The molecule has 3 heterocycles. The van der Waals surface area contributed by atoms with E-state index in [1.54, 1.807) is 0 Å². The fourth-order valence-corrected chi connectivity index (χ4v) is 3.54. The molecular formula is C17H28N4O2. The molecule has 0 bridgehead atoms. The number of likely N-dealkylation sites (tertiary alicyclic amines) is 1. The Labute approximate surface area is 138 Å². The second-order valence-electron chi connectivity index (χ2n) is 6.63. The van der Waals surface area contributed by atoms with Crippen LogP contribution in [-0.4, -0.2) is 52.9 Å². The molecule has 0 radical (unpaired) electrons. The van der Waals surface area contributed by atoms with E-state index in [1.807, 2.05) is 22.7 Å². The summed E-state index contributed by atoms with van der Waals surface area (Å²) in [5.41, 5.74) is 1.15. The Kier molecular flexibility index (Phi) is 5.33. The predicted octanol–water partition coefficient (Wildman–Crippen LogP) is 1.58. The first kappa shape index (κ1) is 16.5. The van der Waals surface area contributed by atoms with Crippen molar-refractivity contribution in [1.29, 1.82) is 0 Å². The molecule has 0 saturated carbocycles. The third kappa shape index (κ3) is 3.75. The molecule has 6 heteroatoms. The van der Waals surface area contributed by atoms with Gasteiger partial charge in [0.25, 0.3) is 0 Å². The van der Waals surface area contributed by atoms with Crippen LogP contribution in [0.4, 0.5) is 0 Å². The van der Waals surface area contributed by atoms with Gasteiger partial charge in [0.15, 0.2) is 0 Å². The number of aryl methyl sites for hydroxylation is 1. The summed E-state index contributed by atoms with van der Waals surface area (Å²) >= 11 is 0. The third-order valence-electron chi connectivity index (χ3n) is 4.99. The van der Waals surface area contributed by atoms with E-state index in [4.69, 9.17) is 4.74 Å². The van der Waals surface area contributed by atoms with Crippen molar-refractivity contribution in [1.82, 2.24) is 20.0 Å².